The Morgan fingerprint density at radius 3 is 2.59 bits per heavy atom. The summed E-state index contributed by atoms with van der Waals surface area (Å²) in [6.07, 6.45) is 4.15. The Morgan fingerprint density at radius 2 is 1.88 bits per heavy atom. The average Bonchev–Trinajstić information content (AvgIpc) is 3.35. The summed E-state index contributed by atoms with van der Waals surface area (Å²) in [7, 11) is 4.56. The predicted molar refractivity (Wildman–Crippen MR) is 124 cm³/mol. The maximum Gasteiger partial charge on any atom is 0.332 e. The first-order chi connectivity index (χ1) is 15.4. The number of methoxy groups -OCH3 is 1. The predicted octanol–water partition coefficient (Wildman–Crippen LogP) is 2.42. The SMILES string of the molecule is COc1ccccc1NC(=O)CSc1nc(C2CCCC2)nc2c1c(=O)n(C)c(=O)n2C. The number of ether oxygens (including phenoxy) is 1. The molecular weight excluding hydrogens is 430 g/mol. The molecule has 4 rings (SSSR count). The van der Waals surface area contributed by atoms with Gasteiger partial charge in [0, 0.05) is 20.0 Å². The van der Waals surface area contributed by atoms with Crippen LogP contribution < -0.4 is 21.3 Å². The van der Waals surface area contributed by atoms with Crippen LogP contribution in [-0.4, -0.2) is 37.9 Å². The molecule has 9 nitrogen and oxygen atoms in total. The fraction of sp³-hybridized carbons (Fsp3) is 0.409. The normalized spacial score (nSPS) is 14.1. The summed E-state index contributed by atoms with van der Waals surface area (Å²) in [4.78, 5) is 47.3. The topological polar surface area (TPSA) is 108 Å². The van der Waals surface area contributed by atoms with Crippen molar-refractivity contribution < 1.29 is 9.53 Å². The van der Waals surface area contributed by atoms with E-state index in [4.69, 9.17) is 4.74 Å². The molecule has 2 aromatic heterocycles. The summed E-state index contributed by atoms with van der Waals surface area (Å²) in [5.74, 6) is 1.17. The van der Waals surface area contributed by atoms with E-state index < -0.39 is 11.2 Å². The zero-order valence-corrected chi connectivity index (χ0v) is 19.1. The summed E-state index contributed by atoms with van der Waals surface area (Å²) in [6.45, 7) is 0. The molecule has 0 saturated heterocycles. The first kappa shape index (κ1) is 22.1. The number of aromatic nitrogens is 4. The van der Waals surface area contributed by atoms with Crippen LogP contribution in [0.15, 0.2) is 38.9 Å². The number of hydrogen-bond acceptors (Lipinski definition) is 7. The van der Waals surface area contributed by atoms with E-state index in [0.29, 0.717) is 27.9 Å². The molecule has 1 amide bonds. The molecule has 0 aliphatic heterocycles. The monoisotopic (exact) mass is 455 g/mol. The number of rotatable bonds is 6. The highest BCUT2D eigenvalue weighted by atomic mass is 32.2. The molecule has 1 N–H and O–H groups in total. The fourth-order valence-corrected chi connectivity index (χ4v) is 4.81. The Kier molecular flexibility index (Phi) is 6.31. The second-order valence-electron chi connectivity index (χ2n) is 7.81. The van der Waals surface area contributed by atoms with Crippen molar-refractivity contribution >= 4 is 34.4 Å². The third-order valence-corrected chi connectivity index (χ3v) is 6.70. The molecule has 0 atom stereocenters. The average molecular weight is 456 g/mol. The maximum atomic E-state index is 12.9. The van der Waals surface area contributed by atoms with Crippen molar-refractivity contribution in [3.8, 4) is 5.75 Å². The van der Waals surface area contributed by atoms with Gasteiger partial charge in [-0.25, -0.2) is 14.8 Å². The summed E-state index contributed by atoms with van der Waals surface area (Å²) >= 11 is 1.17. The summed E-state index contributed by atoms with van der Waals surface area (Å²) in [6, 6.07) is 7.14. The van der Waals surface area contributed by atoms with Gasteiger partial charge in [-0.3, -0.25) is 18.7 Å². The first-order valence-electron chi connectivity index (χ1n) is 10.4. The van der Waals surface area contributed by atoms with Gasteiger partial charge in [-0.1, -0.05) is 36.7 Å². The van der Waals surface area contributed by atoms with Gasteiger partial charge in [-0.05, 0) is 25.0 Å². The number of nitrogens with zero attached hydrogens (tertiary/aromatic N) is 4. The Bertz CT molecular complexity index is 1290. The van der Waals surface area contributed by atoms with Gasteiger partial charge in [0.25, 0.3) is 5.56 Å². The van der Waals surface area contributed by atoms with Crippen LogP contribution in [0.3, 0.4) is 0 Å². The van der Waals surface area contributed by atoms with Gasteiger partial charge < -0.3 is 10.1 Å². The number of amides is 1. The summed E-state index contributed by atoms with van der Waals surface area (Å²) in [5, 5.41) is 3.50. The highest BCUT2D eigenvalue weighted by Gasteiger charge is 2.24. The number of benzene rings is 1. The molecule has 0 bridgehead atoms. The third-order valence-electron chi connectivity index (χ3n) is 5.73. The zero-order valence-electron chi connectivity index (χ0n) is 18.3. The molecule has 3 aromatic rings. The lowest BCUT2D eigenvalue weighted by Crippen LogP contribution is -2.38. The molecule has 0 unspecified atom stereocenters. The van der Waals surface area contributed by atoms with Crippen molar-refractivity contribution in [2.24, 2.45) is 14.1 Å². The van der Waals surface area contributed by atoms with Gasteiger partial charge >= 0.3 is 5.69 Å². The smallest absolute Gasteiger partial charge is 0.332 e. The van der Waals surface area contributed by atoms with E-state index in [1.54, 1.807) is 25.2 Å². The van der Waals surface area contributed by atoms with Crippen LogP contribution in [0, 0.1) is 0 Å². The van der Waals surface area contributed by atoms with Gasteiger partial charge in [-0.2, -0.15) is 0 Å². The van der Waals surface area contributed by atoms with Crippen LogP contribution in [0.25, 0.3) is 11.0 Å². The number of aryl methyl sites for hydroxylation is 1. The molecule has 1 aliphatic rings. The molecule has 1 aromatic carbocycles. The molecule has 1 fully saturated rings. The van der Waals surface area contributed by atoms with Gasteiger partial charge in [0.15, 0.2) is 5.65 Å². The molecule has 0 spiro atoms. The minimum atomic E-state index is -0.464. The number of hydrogen-bond donors (Lipinski definition) is 1. The van der Waals surface area contributed by atoms with Gasteiger partial charge in [-0.15, -0.1) is 0 Å². The van der Waals surface area contributed by atoms with Crippen LogP contribution in [-0.2, 0) is 18.9 Å². The number of carbonyl (C=O) groups is 1. The summed E-state index contributed by atoms with van der Waals surface area (Å²) < 4.78 is 7.69. The van der Waals surface area contributed by atoms with E-state index in [0.717, 1.165) is 30.3 Å². The van der Waals surface area contributed by atoms with E-state index in [-0.39, 0.29) is 23.0 Å². The minimum absolute atomic E-state index is 0.0419. The second-order valence-corrected chi connectivity index (χ2v) is 8.77. The van der Waals surface area contributed by atoms with E-state index >= 15 is 0 Å². The Hall–Kier alpha value is -3.14. The van der Waals surface area contributed by atoms with Crippen molar-refractivity contribution in [2.45, 2.75) is 36.6 Å². The second kappa shape index (κ2) is 9.15. The lowest BCUT2D eigenvalue weighted by molar-refractivity contribution is -0.113. The van der Waals surface area contributed by atoms with Crippen molar-refractivity contribution in [3.63, 3.8) is 0 Å². The van der Waals surface area contributed by atoms with E-state index in [1.165, 1.54) is 30.5 Å². The number of fused-ring (bicyclic) bond motifs is 1. The Morgan fingerprint density at radius 1 is 1.16 bits per heavy atom. The van der Waals surface area contributed by atoms with Crippen molar-refractivity contribution in [1.29, 1.82) is 0 Å². The lowest BCUT2D eigenvalue weighted by atomic mass is 10.1. The highest BCUT2D eigenvalue weighted by Crippen LogP contribution is 2.34. The standard InChI is InChI=1S/C22H25N5O4S/c1-26-19-17(21(29)27(2)22(26)30)20(25-18(24-19)13-8-4-5-9-13)32-12-16(28)23-14-10-6-7-11-15(14)31-3/h6-7,10-11,13H,4-5,8-9,12H2,1-3H3,(H,23,28). The number of thioether (sulfide) groups is 1. The first-order valence-corrected chi connectivity index (χ1v) is 11.4. The Labute approximate surface area is 188 Å². The lowest BCUT2D eigenvalue weighted by Gasteiger charge is -2.14. The van der Waals surface area contributed by atoms with E-state index in [9.17, 15) is 14.4 Å². The molecule has 168 valence electrons. The number of anilines is 1. The van der Waals surface area contributed by atoms with Crippen LogP contribution in [0.5, 0.6) is 5.75 Å². The highest BCUT2D eigenvalue weighted by molar-refractivity contribution is 8.00. The number of nitrogens with one attached hydrogen (secondary N) is 1. The molecule has 32 heavy (non-hydrogen) atoms. The van der Waals surface area contributed by atoms with Gasteiger partial charge in [0.1, 0.15) is 22.0 Å². The van der Waals surface area contributed by atoms with Gasteiger partial charge in [0.2, 0.25) is 5.91 Å². The third kappa shape index (κ3) is 4.14. The molecule has 0 radical (unpaired) electrons. The molecule has 1 aliphatic carbocycles. The largest absolute Gasteiger partial charge is 0.495 e. The van der Waals surface area contributed by atoms with Crippen molar-refractivity contribution in [1.82, 2.24) is 19.1 Å². The van der Waals surface area contributed by atoms with Crippen LogP contribution >= 0.6 is 11.8 Å². The minimum Gasteiger partial charge on any atom is -0.495 e. The summed E-state index contributed by atoms with van der Waals surface area (Å²) in [5.41, 5.74) is -0.0297. The van der Waals surface area contributed by atoms with Gasteiger partial charge in [0.05, 0.1) is 18.6 Å². The maximum absolute atomic E-state index is 12.9. The Balaban J connectivity index is 1.69. The zero-order chi connectivity index (χ0) is 22.8. The molecule has 1 saturated carbocycles. The number of carbonyl (C=O) groups excluding carboxylic acids is 1. The number of para-hydroxylation sites is 2. The van der Waals surface area contributed by atoms with Crippen molar-refractivity contribution in [3.05, 3.63) is 50.9 Å². The fourth-order valence-electron chi connectivity index (χ4n) is 3.98. The quantitative estimate of drug-likeness (QED) is 0.449. The van der Waals surface area contributed by atoms with Crippen LogP contribution in [0.4, 0.5) is 5.69 Å². The van der Waals surface area contributed by atoms with E-state index in [1.807, 2.05) is 6.07 Å². The van der Waals surface area contributed by atoms with E-state index in [2.05, 4.69) is 15.3 Å². The van der Waals surface area contributed by atoms with Crippen LogP contribution in [0.1, 0.15) is 37.4 Å². The van der Waals surface area contributed by atoms with Crippen molar-refractivity contribution in [2.75, 3.05) is 18.2 Å². The molecule has 2 heterocycles. The molecular formula is C22H25N5O4S. The molecule has 10 heteroatoms. The van der Waals surface area contributed by atoms with Crippen LogP contribution in [0.2, 0.25) is 0 Å².